The molecule has 6 nitrogen and oxygen atoms in total. The summed E-state index contributed by atoms with van der Waals surface area (Å²) in [5, 5.41) is 17.4. The Kier molecular flexibility index (Phi) is 2.46. The minimum atomic E-state index is -1.25. The molecule has 0 aliphatic carbocycles. The Morgan fingerprint density at radius 1 is 1.00 bits per heavy atom. The van der Waals surface area contributed by atoms with Crippen LogP contribution in [0.1, 0.15) is 32.4 Å². The van der Waals surface area contributed by atoms with E-state index in [4.69, 9.17) is 10.2 Å². The minimum Gasteiger partial charge on any atom is -0.477 e. The number of carboxylic acid groups (broad SMARTS) is 2. The van der Waals surface area contributed by atoms with Gasteiger partial charge in [0.05, 0.1) is 0 Å². The molecule has 74 valence electrons. The number of carbonyl (C=O) groups is 2. The van der Waals surface area contributed by atoms with E-state index in [1.807, 2.05) is 0 Å². The van der Waals surface area contributed by atoms with Crippen LogP contribution >= 0.6 is 0 Å². The number of aromatic carboxylic acids is 2. The standard InChI is InChI=1S/C8H8N2O4/c1-3-5(7(11)12)9-4(2)10-6(3)8(13)14/h1-2H3,(H,11,12)(H,13,14). The van der Waals surface area contributed by atoms with Crippen LogP contribution in [-0.4, -0.2) is 32.1 Å². The summed E-state index contributed by atoms with van der Waals surface area (Å²) in [5.74, 6) is -2.38. The second-order valence-electron chi connectivity index (χ2n) is 2.70. The van der Waals surface area contributed by atoms with E-state index in [1.54, 1.807) is 0 Å². The van der Waals surface area contributed by atoms with Gasteiger partial charge in [-0.2, -0.15) is 0 Å². The van der Waals surface area contributed by atoms with Gasteiger partial charge in [-0.25, -0.2) is 19.6 Å². The van der Waals surface area contributed by atoms with Crippen molar-refractivity contribution in [1.29, 1.82) is 0 Å². The van der Waals surface area contributed by atoms with Gasteiger partial charge in [-0.1, -0.05) is 0 Å². The molecular weight excluding hydrogens is 188 g/mol. The Hall–Kier alpha value is -1.98. The smallest absolute Gasteiger partial charge is 0.354 e. The molecule has 0 spiro atoms. The van der Waals surface area contributed by atoms with Crippen LogP contribution in [0.25, 0.3) is 0 Å². The molecule has 1 rings (SSSR count). The maximum atomic E-state index is 10.7. The summed E-state index contributed by atoms with van der Waals surface area (Å²) in [6, 6.07) is 0. The van der Waals surface area contributed by atoms with Gasteiger partial charge in [0.15, 0.2) is 11.4 Å². The van der Waals surface area contributed by atoms with E-state index >= 15 is 0 Å². The average molecular weight is 196 g/mol. The molecule has 0 unspecified atom stereocenters. The van der Waals surface area contributed by atoms with E-state index in [0.717, 1.165) is 0 Å². The fraction of sp³-hybridized carbons (Fsp3) is 0.250. The zero-order valence-corrected chi connectivity index (χ0v) is 7.61. The maximum Gasteiger partial charge on any atom is 0.354 e. The van der Waals surface area contributed by atoms with Gasteiger partial charge in [0, 0.05) is 5.56 Å². The van der Waals surface area contributed by atoms with E-state index in [1.165, 1.54) is 13.8 Å². The first-order valence-electron chi connectivity index (χ1n) is 3.75. The summed E-state index contributed by atoms with van der Waals surface area (Å²) in [6.45, 7) is 2.81. The highest BCUT2D eigenvalue weighted by Crippen LogP contribution is 2.10. The van der Waals surface area contributed by atoms with Gasteiger partial charge in [0.25, 0.3) is 0 Å². The molecule has 6 heteroatoms. The molecule has 1 aromatic rings. The van der Waals surface area contributed by atoms with E-state index in [0.29, 0.717) is 0 Å². The van der Waals surface area contributed by atoms with Crippen molar-refractivity contribution in [2.24, 2.45) is 0 Å². The fourth-order valence-corrected chi connectivity index (χ4v) is 1.04. The summed E-state index contributed by atoms with van der Waals surface area (Å²) < 4.78 is 0. The number of aromatic nitrogens is 2. The molecule has 0 aliphatic heterocycles. The second-order valence-corrected chi connectivity index (χ2v) is 2.70. The van der Waals surface area contributed by atoms with Crippen molar-refractivity contribution >= 4 is 11.9 Å². The van der Waals surface area contributed by atoms with Crippen molar-refractivity contribution in [3.05, 3.63) is 22.8 Å². The summed E-state index contributed by atoms with van der Waals surface area (Å²) in [5.41, 5.74) is -0.472. The van der Waals surface area contributed by atoms with E-state index < -0.39 is 11.9 Å². The topological polar surface area (TPSA) is 100 Å². The number of hydrogen-bond donors (Lipinski definition) is 2. The van der Waals surface area contributed by atoms with Crippen LogP contribution in [0.15, 0.2) is 0 Å². The molecular formula is C8H8N2O4. The SMILES string of the molecule is Cc1nc(C(=O)O)c(C)c(C(=O)O)n1. The molecule has 0 radical (unpaired) electrons. The lowest BCUT2D eigenvalue weighted by Gasteiger charge is -2.04. The van der Waals surface area contributed by atoms with E-state index in [-0.39, 0.29) is 22.8 Å². The molecule has 14 heavy (non-hydrogen) atoms. The van der Waals surface area contributed by atoms with E-state index in [9.17, 15) is 9.59 Å². The highest BCUT2D eigenvalue weighted by Gasteiger charge is 2.18. The summed E-state index contributed by atoms with van der Waals surface area (Å²) in [7, 11) is 0. The van der Waals surface area contributed by atoms with Gasteiger partial charge >= 0.3 is 11.9 Å². The fourth-order valence-electron chi connectivity index (χ4n) is 1.04. The Bertz CT molecular complexity index is 379. The van der Waals surface area contributed by atoms with E-state index in [2.05, 4.69) is 9.97 Å². The van der Waals surface area contributed by atoms with Gasteiger partial charge in [0.2, 0.25) is 0 Å². The minimum absolute atomic E-state index is 0.0654. The quantitative estimate of drug-likeness (QED) is 0.713. The van der Waals surface area contributed by atoms with Crippen molar-refractivity contribution in [2.45, 2.75) is 13.8 Å². The lowest BCUT2D eigenvalue weighted by Crippen LogP contribution is -2.13. The maximum absolute atomic E-state index is 10.7. The first-order chi connectivity index (χ1) is 6.43. The van der Waals surface area contributed by atoms with Crippen LogP contribution in [0.2, 0.25) is 0 Å². The Labute approximate surface area is 79.2 Å². The molecule has 1 aromatic heterocycles. The number of carboxylic acids is 2. The van der Waals surface area contributed by atoms with Gasteiger partial charge < -0.3 is 10.2 Å². The Balaban J connectivity index is 3.47. The normalized spacial score (nSPS) is 9.86. The highest BCUT2D eigenvalue weighted by atomic mass is 16.4. The van der Waals surface area contributed by atoms with Crippen LogP contribution in [0, 0.1) is 13.8 Å². The molecule has 1 heterocycles. The van der Waals surface area contributed by atoms with Crippen molar-refractivity contribution < 1.29 is 19.8 Å². The summed E-state index contributed by atoms with van der Waals surface area (Å²) >= 11 is 0. The molecule has 0 fully saturated rings. The molecule has 0 saturated heterocycles. The van der Waals surface area contributed by atoms with Crippen LogP contribution in [0.3, 0.4) is 0 Å². The monoisotopic (exact) mass is 196 g/mol. The third-order valence-corrected chi connectivity index (χ3v) is 1.66. The van der Waals surface area contributed by atoms with Crippen LogP contribution < -0.4 is 0 Å². The predicted octanol–water partition coefficient (Wildman–Crippen LogP) is 0.490. The Morgan fingerprint density at radius 3 is 1.64 bits per heavy atom. The number of nitrogens with zero attached hydrogens (tertiary/aromatic N) is 2. The molecule has 0 aromatic carbocycles. The molecule has 0 atom stereocenters. The molecule has 0 bridgehead atoms. The number of rotatable bonds is 2. The third-order valence-electron chi connectivity index (χ3n) is 1.66. The summed E-state index contributed by atoms with van der Waals surface area (Å²) in [6.07, 6.45) is 0. The van der Waals surface area contributed by atoms with Crippen LogP contribution in [-0.2, 0) is 0 Å². The van der Waals surface area contributed by atoms with Crippen LogP contribution in [0.5, 0.6) is 0 Å². The number of hydrogen-bond acceptors (Lipinski definition) is 4. The van der Waals surface area contributed by atoms with Gasteiger partial charge in [0.1, 0.15) is 5.82 Å². The van der Waals surface area contributed by atoms with Crippen LogP contribution in [0.4, 0.5) is 0 Å². The third kappa shape index (κ3) is 1.68. The zero-order chi connectivity index (χ0) is 10.9. The van der Waals surface area contributed by atoms with Crippen molar-refractivity contribution in [3.63, 3.8) is 0 Å². The van der Waals surface area contributed by atoms with Crippen molar-refractivity contribution in [3.8, 4) is 0 Å². The predicted molar refractivity (Wildman–Crippen MR) is 45.4 cm³/mol. The summed E-state index contributed by atoms with van der Waals surface area (Å²) in [4.78, 5) is 28.6. The van der Waals surface area contributed by atoms with Crippen molar-refractivity contribution in [1.82, 2.24) is 9.97 Å². The zero-order valence-electron chi connectivity index (χ0n) is 7.61. The first kappa shape index (κ1) is 10.1. The molecule has 2 N–H and O–H groups in total. The lowest BCUT2D eigenvalue weighted by atomic mass is 10.1. The largest absolute Gasteiger partial charge is 0.477 e. The van der Waals surface area contributed by atoms with Gasteiger partial charge in [-0.15, -0.1) is 0 Å². The highest BCUT2D eigenvalue weighted by molar-refractivity contribution is 5.93. The molecule has 0 amide bonds. The van der Waals surface area contributed by atoms with Gasteiger partial charge in [-0.3, -0.25) is 0 Å². The molecule has 0 aliphatic rings. The second kappa shape index (κ2) is 3.41. The van der Waals surface area contributed by atoms with Gasteiger partial charge in [-0.05, 0) is 13.8 Å². The molecule has 0 saturated carbocycles. The lowest BCUT2D eigenvalue weighted by molar-refractivity contribution is 0.0686. The first-order valence-corrected chi connectivity index (χ1v) is 3.75. The number of aryl methyl sites for hydroxylation is 1. The average Bonchev–Trinajstić information content (AvgIpc) is 2.07. The Morgan fingerprint density at radius 2 is 1.36 bits per heavy atom. The van der Waals surface area contributed by atoms with Crippen molar-refractivity contribution in [2.75, 3.05) is 0 Å².